The fourth-order valence-corrected chi connectivity index (χ4v) is 4.05. The molecule has 0 radical (unpaired) electrons. The van der Waals surface area contributed by atoms with Crippen molar-refractivity contribution >= 4 is 23.3 Å². The number of hydrogen-bond acceptors (Lipinski definition) is 5. The predicted molar refractivity (Wildman–Crippen MR) is 122 cm³/mol. The Hall–Kier alpha value is -2.93. The number of anilines is 1. The summed E-state index contributed by atoms with van der Waals surface area (Å²) in [6.07, 6.45) is 3.00. The summed E-state index contributed by atoms with van der Waals surface area (Å²) < 4.78 is 1.99. The maximum Gasteiger partial charge on any atom is 0.223 e. The molecule has 0 atom stereocenters. The fraction of sp³-hybridized carbons (Fsp3) is 0.391. The van der Waals surface area contributed by atoms with Crippen LogP contribution in [0.4, 0.5) is 5.82 Å². The minimum absolute atomic E-state index is 0.184. The van der Waals surface area contributed by atoms with Gasteiger partial charge in [0.1, 0.15) is 23.8 Å². The van der Waals surface area contributed by atoms with E-state index < -0.39 is 0 Å². The van der Waals surface area contributed by atoms with Gasteiger partial charge in [-0.25, -0.2) is 15.0 Å². The highest BCUT2D eigenvalue weighted by atomic mass is 35.5. The van der Waals surface area contributed by atoms with Gasteiger partial charge in [-0.3, -0.25) is 9.36 Å². The molecule has 1 aliphatic rings. The second kappa shape index (κ2) is 9.06. The summed E-state index contributed by atoms with van der Waals surface area (Å²) in [6, 6.07) is 9.70. The lowest BCUT2D eigenvalue weighted by molar-refractivity contribution is -0.131. The van der Waals surface area contributed by atoms with Gasteiger partial charge in [0, 0.05) is 49.4 Å². The SMILES string of the molecule is Cc1nc(N2CCN(C(=O)CCc3cccc(Cl)c3)CC2)cc(-n2cnc(C)c2C)n1. The first-order chi connectivity index (χ1) is 14.9. The average molecular weight is 439 g/mol. The van der Waals surface area contributed by atoms with Crippen LogP contribution in [0, 0.1) is 20.8 Å². The lowest BCUT2D eigenvalue weighted by Crippen LogP contribution is -2.49. The predicted octanol–water partition coefficient (Wildman–Crippen LogP) is 3.52. The summed E-state index contributed by atoms with van der Waals surface area (Å²) >= 11 is 6.04. The number of hydrogen-bond donors (Lipinski definition) is 0. The number of halogens is 1. The quantitative estimate of drug-likeness (QED) is 0.609. The number of carbonyl (C=O) groups excluding carboxylic acids is 1. The zero-order valence-corrected chi connectivity index (χ0v) is 18.9. The molecular formula is C23H27ClN6O. The van der Waals surface area contributed by atoms with E-state index in [2.05, 4.69) is 19.9 Å². The lowest BCUT2D eigenvalue weighted by atomic mass is 10.1. The molecular weight excluding hydrogens is 412 g/mol. The molecule has 0 saturated carbocycles. The largest absolute Gasteiger partial charge is 0.353 e. The van der Waals surface area contributed by atoms with E-state index >= 15 is 0 Å². The summed E-state index contributed by atoms with van der Waals surface area (Å²) in [5.74, 6) is 2.61. The molecule has 2 aromatic heterocycles. The Labute approximate surface area is 187 Å². The van der Waals surface area contributed by atoms with Crippen LogP contribution in [0.25, 0.3) is 5.82 Å². The van der Waals surface area contributed by atoms with Gasteiger partial charge < -0.3 is 9.80 Å². The Kier molecular flexibility index (Phi) is 6.23. The van der Waals surface area contributed by atoms with Crippen LogP contribution in [0.2, 0.25) is 5.02 Å². The Balaban J connectivity index is 1.38. The second-order valence-electron chi connectivity index (χ2n) is 7.91. The number of rotatable bonds is 5. The number of carbonyl (C=O) groups is 1. The van der Waals surface area contributed by atoms with Crippen LogP contribution >= 0.6 is 11.6 Å². The van der Waals surface area contributed by atoms with Gasteiger partial charge in [0.25, 0.3) is 0 Å². The summed E-state index contributed by atoms with van der Waals surface area (Å²) in [4.78, 5) is 30.4. The molecule has 162 valence electrons. The molecule has 8 heteroatoms. The van der Waals surface area contributed by atoms with E-state index in [9.17, 15) is 4.79 Å². The van der Waals surface area contributed by atoms with Crippen LogP contribution < -0.4 is 4.90 Å². The van der Waals surface area contributed by atoms with Gasteiger partial charge in [-0.2, -0.15) is 0 Å². The molecule has 1 aliphatic heterocycles. The van der Waals surface area contributed by atoms with Crippen LogP contribution in [0.15, 0.2) is 36.7 Å². The fourth-order valence-electron chi connectivity index (χ4n) is 3.84. The molecule has 0 N–H and O–H groups in total. The van der Waals surface area contributed by atoms with Crippen LogP contribution in [0.1, 0.15) is 29.2 Å². The maximum atomic E-state index is 12.7. The first-order valence-electron chi connectivity index (χ1n) is 10.5. The Bertz CT molecular complexity index is 1090. The summed E-state index contributed by atoms with van der Waals surface area (Å²) in [5, 5.41) is 0.708. The van der Waals surface area contributed by atoms with Crippen molar-refractivity contribution < 1.29 is 4.79 Å². The number of aromatic nitrogens is 4. The second-order valence-corrected chi connectivity index (χ2v) is 8.35. The summed E-state index contributed by atoms with van der Waals surface area (Å²) in [6.45, 7) is 8.81. The van der Waals surface area contributed by atoms with Gasteiger partial charge >= 0.3 is 0 Å². The van der Waals surface area contributed by atoms with E-state index in [1.165, 1.54) is 0 Å². The summed E-state index contributed by atoms with van der Waals surface area (Å²) in [7, 11) is 0. The number of benzene rings is 1. The standard InChI is InChI=1S/C23H27ClN6O/c1-16-17(2)30(15-25-16)22-14-21(26-18(3)27-22)28-9-11-29(12-10-28)23(31)8-7-19-5-4-6-20(24)13-19/h4-6,13-15H,7-12H2,1-3H3. The van der Waals surface area contributed by atoms with Gasteiger partial charge in [0.05, 0.1) is 5.69 Å². The molecule has 0 aliphatic carbocycles. The van der Waals surface area contributed by atoms with Gasteiger partial charge in [-0.15, -0.1) is 0 Å². The number of aryl methyl sites for hydroxylation is 3. The molecule has 1 amide bonds. The normalized spacial score (nSPS) is 14.2. The Morgan fingerprint density at radius 1 is 1.03 bits per heavy atom. The first kappa shape index (κ1) is 21.3. The van der Waals surface area contributed by atoms with Crippen LogP contribution in [-0.4, -0.2) is 56.5 Å². The van der Waals surface area contributed by atoms with Crippen molar-refractivity contribution in [3.63, 3.8) is 0 Å². The molecule has 1 aromatic carbocycles. The van der Waals surface area contributed by atoms with Gasteiger partial charge in [-0.1, -0.05) is 23.7 Å². The molecule has 0 unspecified atom stereocenters. The number of piperazine rings is 1. The number of imidazole rings is 1. The van der Waals surface area contributed by atoms with E-state index in [0.29, 0.717) is 31.0 Å². The molecule has 0 bridgehead atoms. The smallest absolute Gasteiger partial charge is 0.223 e. The minimum Gasteiger partial charge on any atom is -0.353 e. The zero-order chi connectivity index (χ0) is 22.0. The highest BCUT2D eigenvalue weighted by Gasteiger charge is 2.22. The minimum atomic E-state index is 0.184. The van der Waals surface area contributed by atoms with Crippen LogP contribution in [0.3, 0.4) is 0 Å². The highest BCUT2D eigenvalue weighted by molar-refractivity contribution is 6.30. The molecule has 31 heavy (non-hydrogen) atoms. The van der Waals surface area contributed by atoms with Crippen molar-refractivity contribution in [3.05, 3.63) is 64.5 Å². The monoisotopic (exact) mass is 438 g/mol. The average Bonchev–Trinajstić information content (AvgIpc) is 3.10. The van der Waals surface area contributed by atoms with Gasteiger partial charge in [0.15, 0.2) is 0 Å². The first-order valence-corrected chi connectivity index (χ1v) is 10.9. The van der Waals surface area contributed by atoms with E-state index in [1.807, 2.05) is 60.6 Å². The van der Waals surface area contributed by atoms with Crippen molar-refractivity contribution in [2.75, 3.05) is 31.1 Å². The lowest BCUT2D eigenvalue weighted by Gasteiger charge is -2.35. The van der Waals surface area contributed by atoms with E-state index in [4.69, 9.17) is 11.6 Å². The van der Waals surface area contributed by atoms with Crippen molar-refractivity contribution in [2.45, 2.75) is 33.6 Å². The third-order valence-electron chi connectivity index (χ3n) is 5.78. The van der Waals surface area contributed by atoms with Crippen molar-refractivity contribution in [1.82, 2.24) is 24.4 Å². The third kappa shape index (κ3) is 4.88. The highest BCUT2D eigenvalue weighted by Crippen LogP contribution is 2.20. The summed E-state index contributed by atoms with van der Waals surface area (Å²) in [5.41, 5.74) is 3.15. The molecule has 0 spiro atoms. The van der Waals surface area contributed by atoms with Crippen LogP contribution in [-0.2, 0) is 11.2 Å². The van der Waals surface area contributed by atoms with Crippen LogP contribution in [0.5, 0.6) is 0 Å². The van der Waals surface area contributed by atoms with Crippen molar-refractivity contribution in [3.8, 4) is 5.82 Å². The van der Waals surface area contributed by atoms with Crippen molar-refractivity contribution in [1.29, 1.82) is 0 Å². The molecule has 4 rings (SSSR count). The maximum absolute atomic E-state index is 12.7. The molecule has 7 nitrogen and oxygen atoms in total. The van der Waals surface area contributed by atoms with E-state index in [1.54, 1.807) is 6.33 Å². The van der Waals surface area contributed by atoms with Gasteiger partial charge in [-0.05, 0) is 44.9 Å². The van der Waals surface area contributed by atoms with Crippen molar-refractivity contribution in [2.24, 2.45) is 0 Å². The zero-order valence-electron chi connectivity index (χ0n) is 18.2. The number of amides is 1. The van der Waals surface area contributed by atoms with E-state index in [0.717, 1.165) is 47.5 Å². The topological polar surface area (TPSA) is 67.2 Å². The Morgan fingerprint density at radius 2 is 1.77 bits per heavy atom. The Morgan fingerprint density at radius 3 is 2.45 bits per heavy atom. The molecule has 3 heterocycles. The van der Waals surface area contributed by atoms with E-state index in [-0.39, 0.29) is 5.91 Å². The molecule has 1 fully saturated rings. The molecule has 1 saturated heterocycles. The number of nitrogens with zero attached hydrogens (tertiary/aromatic N) is 6. The molecule has 3 aromatic rings. The third-order valence-corrected chi connectivity index (χ3v) is 6.02. The van der Waals surface area contributed by atoms with Gasteiger partial charge in [0.2, 0.25) is 5.91 Å².